The molecule has 1 unspecified atom stereocenters. The van der Waals surface area contributed by atoms with E-state index in [1.54, 1.807) is 13.0 Å². The number of benzene rings is 1. The molecule has 4 rings (SSSR count). The van der Waals surface area contributed by atoms with E-state index in [9.17, 15) is 27.6 Å². The first-order chi connectivity index (χ1) is 13.5. The number of aromatic nitrogens is 1. The van der Waals surface area contributed by atoms with Crippen molar-refractivity contribution in [2.75, 3.05) is 4.90 Å². The Balaban J connectivity index is 1.79. The number of carbonyl (C=O) groups excluding carboxylic acids is 3. The molecule has 2 aliphatic heterocycles. The van der Waals surface area contributed by atoms with E-state index in [1.165, 1.54) is 17.0 Å². The highest BCUT2D eigenvalue weighted by Crippen LogP contribution is 2.46. The number of imide groups is 1. The molecular formula is C18H12ClF3N4O3. The molecule has 1 fully saturated rings. The van der Waals surface area contributed by atoms with Crippen molar-refractivity contribution in [2.45, 2.75) is 25.2 Å². The van der Waals surface area contributed by atoms with Gasteiger partial charge in [-0.3, -0.25) is 19.9 Å². The maximum absolute atomic E-state index is 13.2. The summed E-state index contributed by atoms with van der Waals surface area (Å²) in [5, 5.41) is 4.69. The van der Waals surface area contributed by atoms with Crippen LogP contribution in [-0.2, 0) is 27.8 Å². The molecule has 29 heavy (non-hydrogen) atoms. The molecular weight excluding hydrogens is 413 g/mol. The zero-order valence-corrected chi connectivity index (χ0v) is 15.5. The number of carbonyl (C=O) groups is 3. The summed E-state index contributed by atoms with van der Waals surface area (Å²) < 4.78 is 38.2. The summed E-state index contributed by atoms with van der Waals surface area (Å²) in [5.41, 5.74) is -1.59. The summed E-state index contributed by atoms with van der Waals surface area (Å²) >= 11 is 6.10. The van der Waals surface area contributed by atoms with Gasteiger partial charge in [-0.1, -0.05) is 17.7 Å². The minimum atomic E-state index is -4.59. The van der Waals surface area contributed by atoms with Crippen molar-refractivity contribution >= 4 is 35.1 Å². The van der Waals surface area contributed by atoms with Crippen LogP contribution in [-0.4, -0.2) is 22.8 Å². The molecule has 11 heteroatoms. The van der Waals surface area contributed by atoms with Crippen LogP contribution in [0.25, 0.3) is 0 Å². The van der Waals surface area contributed by atoms with Crippen molar-refractivity contribution < 1.29 is 27.6 Å². The van der Waals surface area contributed by atoms with Crippen molar-refractivity contribution in [3.63, 3.8) is 0 Å². The molecule has 1 atom stereocenters. The lowest BCUT2D eigenvalue weighted by atomic mass is 9.90. The summed E-state index contributed by atoms with van der Waals surface area (Å²) in [7, 11) is 0. The fourth-order valence-corrected chi connectivity index (χ4v) is 3.89. The van der Waals surface area contributed by atoms with Gasteiger partial charge in [0.15, 0.2) is 0 Å². The van der Waals surface area contributed by atoms with Crippen molar-refractivity contribution in [2.24, 2.45) is 0 Å². The maximum Gasteiger partial charge on any atom is 0.433 e. The van der Waals surface area contributed by atoms with Crippen molar-refractivity contribution in [3.8, 4) is 0 Å². The highest BCUT2D eigenvalue weighted by atomic mass is 35.5. The second-order valence-electron chi connectivity index (χ2n) is 6.72. The average Bonchev–Trinajstić information content (AvgIpc) is 3.04. The van der Waals surface area contributed by atoms with Crippen LogP contribution < -0.4 is 15.5 Å². The van der Waals surface area contributed by atoms with Crippen LogP contribution in [0.3, 0.4) is 0 Å². The average molecular weight is 425 g/mol. The largest absolute Gasteiger partial charge is 0.433 e. The van der Waals surface area contributed by atoms with E-state index in [2.05, 4.69) is 15.6 Å². The molecule has 0 aliphatic carbocycles. The lowest BCUT2D eigenvalue weighted by molar-refractivity contribution is -0.141. The van der Waals surface area contributed by atoms with Gasteiger partial charge < -0.3 is 10.2 Å². The Morgan fingerprint density at radius 3 is 2.48 bits per heavy atom. The number of pyridine rings is 1. The van der Waals surface area contributed by atoms with E-state index < -0.39 is 35.3 Å². The first-order valence-corrected chi connectivity index (χ1v) is 8.70. The molecule has 2 aliphatic rings. The van der Waals surface area contributed by atoms with Crippen LogP contribution in [0.5, 0.6) is 0 Å². The predicted octanol–water partition coefficient (Wildman–Crippen LogP) is 2.64. The normalized spacial score (nSPS) is 20.9. The van der Waals surface area contributed by atoms with Gasteiger partial charge in [-0.05, 0) is 36.2 Å². The Morgan fingerprint density at radius 2 is 1.93 bits per heavy atom. The minimum Gasteiger partial charge on any atom is -0.312 e. The standard InChI is InChI=1S/C18H12ClF3N4O3/c1-8-4-10(19)5-11-13(8)26(15(28)17(11)14(27)24-16(29)25-17)7-9-2-3-12(23-6-9)18(20,21)22/h2-6H,7H2,1H3,(H2,24,25,27,29). The minimum absolute atomic E-state index is 0.148. The van der Waals surface area contributed by atoms with E-state index in [0.29, 0.717) is 16.8 Å². The molecule has 7 nitrogen and oxygen atoms in total. The number of alkyl halides is 3. The number of hydrogen-bond acceptors (Lipinski definition) is 4. The molecule has 1 saturated heterocycles. The Kier molecular flexibility index (Phi) is 4.09. The highest BCUT2D eigenvalue weighted by molar-refractivity contribution is 6.32. The molecule has 1 spiro atoms. The van der Waals surface area contributed by atoms with Crippen LogP contribution in [0.2, 0.25) is 5.02 Å². The van der Waals surface area contributed by atoms with Gasteiger partial charge >= 0.3 is 12.2 Å². The number of urea groups is 1. The van der Waals surface area contributed by atoms with Gasteiger partial charge in [0, 0.05) is 16.8 Å². The Labute approximate surface area is 166 Å². The molecule has 0 radical (unpaired) electrons. The van der Waals surface area contributed by atoms with Crippen molar-refractivity contribution in [3.05, 3.63) is 57.9 Å². The molecule has 3 heterocycles. The highest BCUT2D eigenvalue weighted by Gasteiger charge is 2.61. The summed E-state index contributed by atoms with van der Waals surface area (Å²) in [6.45, 7) is 1.52. The third kappa shape index (κ3) is 2.82. The molecule has 1 aromatic heterocycles. The van der Waals surface area contributed by atoms with Crippen molar-refractivity contribution in [1.82, 2.24) is 15.6 Å². The zero-order valence-electron chi connectivity index (χ0n) is 14.7. The quantitative estimate of drug-likeness (QED) is 0.572. The zero-order chi connectivity index (χ0) is 21.1. The number of anilines is 1. The Hall–Kier alpha value is -3.14. The number of rotatable bonds is 2. The number of amides is 4. The second kappa shape index (κ2) is 6.18. The van der Waals surface area contributed by atoms with E-state index in [-0.39, 0.29) is 17.1 Å². The third-order valence-electron chi connectivity index (χ3n) is 4.83. The fraction of sp³-hybridized carbons (Fsp3) is 0.222. The number of nitrogens with zero attached hydrogens (tertiary/aromatic N) is 2. The second-order valence-corrected chi connectivity index (χ2v) is 7.15. The maximum atomic E-state index is 13.2. The smallest absolute Gasteiger partial charge is 0.312 e. The number of halogens is 4. The van der Waals surface area contributed by atoms with Crippen LogP contribution in [0.15, 0.2) is 30.5 Å². The van der Waals surface area contributed by atoms with E-state index in [1.807, 2.05) is 0 Å². The molecule has 4 amide bonds. The molecule has 150 valence electrons. The van der Waals surface area contributed by atoms with Crippen LogP contribution in [0, 0.1) is 6.92 Å². The van der Waals surface area contributed by atoms with E-state index in [4.69, 9.17) is 11.6 Å². The fourth-order valence-electron chi connectivity index (χ4n) is 3.61. The topological polar surface area (TPSA) is 91.4 Å². The number of fused-ring (bicyclic) bond motifs is 2. The predicted molar refractivity (Wildman–Crippen MR) is 95.0 cm³/mol. The summed E-state index contributed by atoms with van der Waals surface area (Å²) in [6, 6.07) is 4.18. The molecule has 0 saturated carbocycles. The van der Waals surface area contributed by atoms with Gasteiger partial charge in [0.1, 0.15) is 5.69 Å². The van der Waals surface area contributed by atoms with Gasteiger partial charge in [0.05, 0.1) is 12.2 Å². The number of aryl methyl sites for hydroxylation is 1. The van der Waals surface area contributed by atoms with Crippen LogP contribution >= 0.6 is 11.6 Å². The molecule has 1 aromatic carbocycles. The SMILES string of the molecule is Cc1cc(Cl)cc2c1N(Cc1ccc(C(F)(F)F)nc1)C(=O)C21NC(=O)NC1=O. The number of nitrogens with one attached hydrogen (secondary N) is 2. The van der Waals surface area contributed by atoms with Gasteiger partial charge in [-0.2, -0.15) is 13.2 Å². The molecule has 0 bridgehead atoms. The third-order valence-corrected chi connectivity index (χ3v) is 5.05. The van der Waals surface area contributed by atoms with Crippen molar-refractivity contribution in [1.29, 1.82) is 0 Å². The van der Waals surface area contributed by atoms with Gasteiger partial charge in [-0.15, -0.1) is 0 Å². The van der Waals surface area contributed by atoms with Crippen LogP contribution in [0.4, 0.5) is 23.7 Å². The lowest BCUT2D eigenvalue weighted by Gasteiger charge is -2.21. The first-order valence-electron chi connectivity index (χ1n) is 8.32. The van der Waals surface area contributed by atoms with Gasteiger partial charge in [0.2, 0.25) is 5.54 Å². The number of hydrogen-bond donors (Lipinski definition) is 2. The Morgan fingerprint density at radius 1 is 1.21 bits per heavy atom. The monoisotopic (exact) mass is 424 g/mol. The van der Waals surface area contributed by atoms with E-state index >= 15 is 0 Å². The molecule has 2 aromatic rings. The van der Waals surface area contributed by atoms with Gasteiger partial charge in [0.25, 0.3) is 11.8 Å². The Bertz CT molecular complexity index is 1070. The molecule has 2 N–H and O–H groups in total. The summed E-state index contributed by atoms with van der Waals surface area (Å²) in [5.74, 6) is -1.58. The summed E-state index contributed by atoms with van der Waals surface area (Å²) in [4.78, 5) is 42.2. The van der Waals surface area contributed by atoms with Gasteiger partial charge in [-0.25, -0.2) is 4.79 Å². The van der Waals surface area contributed by atoms with Crippen LogP contribution in [0.1, 0.15) is 22.4 Å². The van der Waals surface area contributed by atoms with E-state index in [0.717, 1.165) is 12.3 Å². The lowest BCUT2D eigenvalue weighted by Crippen LogP contribution is -2.52. The first kappa shape index (κ1) is 19.2. The summed E-state index contributed by atoms with van der Waals surface area (Å²) in [6.07, 6.45) is -3.57.